The van der Waals surface area contributed by atoms with Crippen LogP contribution in [0.15, 0.2) is 42.5 Å². The lowest BCUT2D eigenvalue weighted by Crippen LogP contribution is -2.68. The van der Waals surface area contributed by atoms with E-state index in [1.165, 1.54) is 74.5 Å². The van der Waals surface area contributed by atoms with Crippen molar-refractivity contribution in [1.29, 1.82) is 0 Å². The number of rotatable bonds is 6. The average molecular weight is 659 g/mol. The van der Waals surface area contributed by atoms with E-state index in [2.05, 4.69) is 101 Å². The van der Waals surface area contributed by atoms with Crippen LogP contribution in [0.4, 0.5) is 0 Å². The van der Waals surface area contributed by atoms with E-state index in [1.807, 2.05) is 0 Å². The molecule has 4 saturated carbocycles. The predicted molar refractivity (Wildman–Crippen MR) is 203 cm³/mol. The zero-order chi connectivity index (χ0) is 33.6. The second-order valence-corrected chi connectivity index (χ2v) is 21.6. The standard InChI is InChI=1S/C43H66N2OS/c1-30(2)33-16-21-43(44-24-25-45-26-28-47(9,46)29-27-45)23-22-41(7)35(38(33)43)14-15-37-40(6)19-17-34(32-12-10-31(3)11-13-32)39(4,5)36(40)18-20-42(37,41)8/h10-13,17,33,35-38,44H,1,9,14-16,18-29H2,2-8H3/t33-,35+,36-,37+,38+,40-,41+,42+,43-/m0/s1. The quantitative estimate of drug-likeness (QED) is 0.245. The van der Waals surface area contributed by atoms with E-state index in [-0.39, 0.29) is 11.0 Å². The third-order valence-corrected chi connectivity index (χ3v) is 18.3. The highest BCUT2D eigenvalue weighted by atomic mass is 32.2. The molecule has 9 atom stereocenters. The van der Waals surface area contributed by atoms with E-state index in [1.54, 1.807) is 5.57 Å². The number of fused-ring (bicyclic) bond motifs is 7. The molecule has 1 aliphatic heterocycles. The summed E-state index contributed by atoms with van der Waals surface area (Å²) < 4.78 is 12.5. The van der Waals surface area contributed by atoms with Crippen molar-refractivity contribution in [2.24, 2.45) is 51.2 Å². The summed E-state index contributed by atoms with van der Waals surface area (Å²) in [6.07, 6.45) is 14.7. The van der Waals surface area contributed by atoms with Crippen LogP contribution < -0.4 is 5.32 Å². The number of hydrogen-bond acceptors (Lipinski definition) is 3. The second-order valence-electron chi connectivity index (χ2n) is 18.9. The third-order valence-electron chi connectivity index (χ3n) is 16.5. The van der Waals surface area contributed by atoms with Crippen molar-refractivity contribution in [3.8, 4) is 0 Å². The molecule has 0 aromatic heterocycles. The van der Waals surface area contributed by atoms with E-state index in [9.17, 15) is 4.21 Å². The van der Waals surface area contributed by atoms with Crippen molar-refractivity contribution in [3.63, 3.8) is 0 Å². The van der Waals surface area contributed by atoms with Gasteiger partial charge in [-0.15, -0.1) is 0 Å². The van der Waals surface area contributed by atoms with Gasteiger partial charge in [0.2, 0.25) is 0 Å². The Hall–Kier alpha value is -1.36. The van der Waals surface area contributed by atoms with Gasteiger partial charge in [0, 0.05) is 43.2 Å². The van der Waals surface area contributed by atoms with Crippen LogP contribution in [0.3, 0.4) is 0 Å². The fraction of sp³-hybridized carbons (Fsp3) is 0.744. The van der Waals surface area contributed by atoms with Gasteiger partial charge < -0.3 is 10.2 Å². The SMILES string of the molecule is C=C(C)[C@@H]1CC[C@]2(NCCN3CCS(=C)(=O)CC3)CC[C@]3(C)[C@H](CC[C@@H]4[C@@]5(C)CC=C(c6ccc(C)cc6)C(C)(C)[C@@H]5CC[C@]43C)[C@@H]12. The lowest BCUT2D eigenvalue weighted by atomic mass is 9.33. The molecule has 3 nitrogen and oxygen atoms in total. The molecule has 5 aliphatic carbocycles. The summed E-state index contributed by atoms with van der Waals surface area (Å²) >= 11 is 0. The molecule has 0 amide bonds. The number of aryl methyl sites for hydroxylation is 1. The molecule has 0 unspecified atom stereocenters. The summed E-state index contributed by atoms with van der Waals surface area (Å²) in [5.41, 5.74) is 7.32. The summed E-state index contributed by atoms with van der Waals surface area (Å²) in [4.78, 5) is 2.53. The number of nitrogens with zero attached hydrogens (tertiary/aromatic N) is 1. The monoisotopic (exact) mass is 658 g/mol. The Labute approximate surface area is 288 Å². The molecule has 4 heteroatoms. The Kier molecular flexibility index (Phi) is 8.41. The summed E-state index contributed by atoms with van der Waals surface area (Å²) in [6, 6.07) is 9.35. The van der Waals surface area contributed by atoms with Gasteiger partial charge in [-0.2, -0.15) is 0 Å². The lowest BCUT2D eigenvalue weighted by molar-refractivity contribution is -0.219. The van der Waals surface area contributed by atoms with Crippen LogP contribution >= 0.6 is 0 Å². The minimum atomic E-state index is -1.84. The topological polar surface area (TPSA) is 32.3 Å². The van der Waals surface area contributed by atoms with Crippen LogP contribution in [0.5, 0.6) is 0 Å². The van der Waals surface area contributed by atoms with Gasteiger partial charge in [-0.3, -0.25) is 4.21 Å². The molecular weight excluding hydrogens is 593 g/mol. The largest absolute Gasteiger partial charge is 0.310 e. The second kappa shape index (κ2) is 11.6. The van der Waals surface area contributed by atoms with Gasteiger partial charge in [-0.25, -0.2) is 0 Å². The first-order chi connectivity index (χ1) is 22.1. The average Bonchev–Trinajstić information content (AvgIpc) is 3.39. The molecule has 1 aromatic rings. The Morgan fingerprint density at radius 3 is 2.30 bits per heavy atom. The van der Waals surface area contributed by atoms with Crippen molar-refractivity contribution >= 4 is 21.0 Å². The van der Waals surface area contributed by atoms with Crippen LogP contribution in [0.25, 0.3) is 5.57 Å². The first-order valence-corrected chi connectivity index (χ1v) is 21.4. The Bertz CT molecular complexity index is 1510. The van der Waals surface area contributed by atoms with E-state index in [0.717, 1.165) is 55.4 Å². The highest BCUT2D eigenvalue weighted by molar-refractivity contribution is 8.00. The van der Waals surface area contributed by atoms with Gasteiger partial charge in [0.25, 0.3) is 0 Å². The molecular formula is C43H66N2OS. The van der Waals surface area contributed by atoms with E-state index in [4.69, 9.17) is 0 Å². The molecule has 0 radical (unpaired) electrons. The van der Waals surface area contributed by atoms with E-state index >= 15 is 0 Å². The molecule has 1 heterocycles. The Morgan fingerprint density at radius 2 is 1.62 bits per heavy atom. The number of allylic oxidation sites excluding steroid dienone is 3. The minimum absolute atomic E-state index is 0.183. The smallest absolute Gasteiger partial charge is 0.0287 e. The zero-order valence-corrected chi connectivity index (χ0v) is 31.9. The molecule has 7 rings (SSSR count). The van der Waals surface area contributed by atoms with Gasteiger partial charge in [0.05, 0.1) is 0 Å². The van der Waals surface area contributed by atoms with Gasteiger partial charge in [0.1, 0.15) is 0 Å². The molecule has 0 bridgehead atoms. The van der Waals surface area contributed by atoms with E-state index in [0.29, 0.717) is 28.1 Å². The third kappa shape index (κ3) is 5.22. The molecule has 47 heavy (non-hydrogen) atoms. The highest BCUT2D eigenvalue weighted by Crippen LogP contribution is 2.76. The van der Waals surface area contributed by atoms with Crippen LogP contribution in [0.2, 0.25) is 0 Å². The maximum atomic E-state index is 12.5. The molecule has 1 N–H and O–H groups in total. The van der Waals surface area contributed by atoms with Gasteiger partial charge in [0.15, 0.2) is 0 Å². The number of nitrogens with one attached hydrogen (secondary N) is 1. The van der Waals surface area contributed by atoms with Crippen LogP contribution in [-0.4, -0.2) is 58.2 Å². The van der Waals surface area contributed by atoms with Crippen molar-refractivity contribution in [2.75, 3.05) is 37.7 Å². The van der Waals surface area contributed by atoms with Crippen LogP contribution in [0.1, 0.15) is 110 Å². The minimum Gasteiger partial charge on any atom is -0.310 e. The first kappa shape index (κ1) is 34.1. The summed E-state index contributed by atoms with van der Waals surface area (Å²) in [5, 5.41) is 4.29. The van der Waals surface area contributed by atoms with Crippen molar-refractivity contribution in [3.05, 3.63) is 53.6 Å². The fourth-order valence-electron chi connectivity index (χ4n) is 13.8. The summed E-state index contributed by atoms with van der Waals surface area (Å²) in [6.45, 7) is 26.6. The van der Waals surface area contributed by atoms with Crippen molar-refractivity contribution in [1.82, 2.24) is 10.2 Å². The highest BCUT2D eigenvalue weighted by Gasteiger charge is 2.70. The fourth-order valence-corrected chi connectivity index (χ4v) is 15.2. The Balaban J connectivity index is 1.15. The summed E-state index contributed by atoms with van der Waals surface area (Å²) in [7, 11) is -1.84. The van der Waals surface area contributed by atoms with Crippen LogP contribution in [-0.2, 0) is 9.52 Å². The Morgan fingerprint density at radius 1 is 0.915 bits per heavy atom. The molecule has 5 fully saturated rings. The predicted octanol–water partition coefficient (Wildman–Crippen LogP) is 9.02. The molecule has 260 valence electrons. The van der Waals surface area contributed by atoms with Crippen LogP contribution in [0, 0.1) is 58.2 Å². The number of benzene rings is 1. The molecule has 1 aromatic carbocycles. The van der Waals surface area contributed by atoms with Gasteiger partial charge >= 0.3 is 0 Å². The molecule has 6 aliphatic rings. The van der Waals surface area contributed by atoms with Gasteiger partial charge in [-0.05, 0) is 149 Å². The molecule has 1 saturated heterocycles. The number of hydrogen-bond donors (Lipinski definition) is 1. The summed E-state index contributed by atoms with van der Waals surface area (Å²) in [5.74, 6) is 9.10. The first-order valence-electron chi connectivity index (χ1n) is 19.3. The molecule has 0 spiro atoms. The lowest BCUT2D eigenvalue weighted by Gasteiger charge is -2.72. The van der Waals surface area contributed by atoms with E-state index < -0.39 is 9.52 Å². The normalized spacial score (nSPS) is 44.0. The maximum Gasteiger partial charge on any atom is 0.0287 e. The maximum absolute atomic E-state index is 12.5. The van der Waals surface area contributed by atoms with Crippen molar-refractivity contribution < 1.29 is 4.21 Å². The van der Waals surface area contributed by atoms with Crippen molar-refractivity contribution in [2.45, 2.75) is 112 Å². The van der Waals surface area contributed by atoms with Gasteiger partial charge in [-0.1, -0.05) is 82.7 Å². The zero-order valence-electron chi connectivity index (χ0n) is 31.1.